The maximum atomic E-state index is 11.6. The van der Waals surface area contributed by atoms with Crippen molar-refractivity contribution in [1.29, 1.82) is 0 Å². The van der Waals surface area contributed by atoms with Crippen molar-refractivity contribution in [3.8, 4) is 0 Å². The Bertz CT molecular complexity index is 493. The van der Waals surface area contributed by atoms with E-state index >= 15 is 0 Å². The van der Waals surface area contributed by atoms with Gasteiger partial charge in [-0.3, -0.25) is 0 Å². The molecule has 1 fully saturated rings. The molecule has 0 aliphatic heterocycles. The molecule has 0 heterocycles. The van der Waals surface area contributed by atoms with Gasteiger partial charge in [0.05, 0.1) is 23.5 Å². The third-order valence-electron chi connectivity index (χ3n) is 4.31. The lowest BCUT2D eigenvalue weighted by Gasteiger charge is -2.21. The zero-order chi connectivity index (χ0) is 14.8. The van der Waals surface area contributed by atoms with Crippen LogP contribution in [0.2, 0.25) is 0 Å². The van der Waals surface area contributed by atoms with Crippen molar-refractivity contribution in [2.75, 3.05) is 24.2 Å². The molecular weight excluding hydrogens is 252 g/mol. The molecule has 1 aromatic rings. The summed E-state index contributed by atoms with van der Waals surface area (Å²) in [4.78, 5) is 11.6. The quantitative estimate of drug-likeness (QED) is 0.618. The lowest BCUT2D eigenvalue weighted by atomic mass is 9.92. The van der Waals surface area contributed by atoms with Crippen LogP contribution in [0.1, 0.15) is 44.0 Å². The molecule has 1 aliphatic rings. The Labute approximate surface area is 120 Å². The first kappa shape index (κ1) is 14.7. The molecule has 20 heavy (non-hydrogen) atoms. The average Bonchev–Trinajstić information content (AvgIpc) is 3.18. The van der Waals surface area contributed by atoms with E-state index in [0.717, 1.165) is 12.2 Å². The van der Waals surface area contributed by atoms with Crippen molar-refractivity contribution < 1.29 is 9.53 Å². The number of ether oxygens (including phenoxy) is 1. The van der Waals surface area contributed by atoms with E-state index in [1.807, 2.05) is 6.07 Å². The van der Waals surface area contributed by atoms with Gasteiger partial charge < -0.3 is 15.8 Å². The first-order valence-electron chi connectivity index (χ1n) is 7.29. The number of carbonyl (C=O) groups excluding carboxylic acids is 1. The summed E-state index contributed by atoms with van der Waals surface area (Å²) in [5.74, 6) is 0.349. The second-order valence-electron chi connectivity index (χ2n) is 5.89. The number of hydrogen-bond acceptors (Lipinski definition) is 4. The minimum Gasteiger partial charge on any atom is -0.462 e. The van der Waals surface area contributed by atoms with Crippen molar-refractivity contribution in [3.63, 3.8) is 0 Å². The Morgan fingerprint density at radius 1 is 1.45 bits per heavy atom. The summed E-state index contributed by atoms with van der Waals surface area (Å²) in [6.45, 7) is 7.63. The van der Waals surface area contributed by atoms with Gasteiger partial charge in [-0.1, -0.05) is 13.8 Å². The minimum atomic E-state index is -0.327. The molecule has 0 amide bonds. The highest BCUT2D eigenvalue weighted by molar-refractivity contribution is 5.91. The lowest BCUT2D eigenvalue weighted by Crippen LogP contribution is -2.21. The number of hydrogen-bond donors (Lipinski definition) is 2. The lowest BCUT2D eigenvalue weighted by molar-refractivity contribution is 0.0526. The van der Waals surface area contributed by atoms with Crippen molar-refractivity contribution in [1.82, 2.24) is 0 Å². The number of rotatable bonds is 6. The summed E-state index contributed by atoms with van der Waals surface area (Å²) in [6, 6.07) is 5.29. The molecule has 110 valence electrons. The monoisotopic (exact) mass is 276 g/mol. The van der Waals surface area contributed by atoms with Gasteiger partial charge >= 0.3 is 5.97 Å². The van der Waals surface area contributed by atoms with Gasteiger partial charge in [-0.15, -0.1) is 0 Å². The molecular formula is C16H24N2O2. The fourth-order valence-electron chi connectivity index (χ4n) is 2.46. The van der Waals surface area contributed by atoms with Crippen molar-refractivity contribution in [2.45, 2.75) is 33.6 Å². The third-order valence-corrected chi connectivity index (χ3v) is 4.31. The molecule has 0 bridgehead atoms. The minimum absolute atomic E-state index is 0.327. The van der Waals surface area contributed by atoms with Crippen LogP contribution in [0, 0.1) is 11.3 Å². The molecule has 0 atom stereocenters. The van der Waals surface area contributed by atoms with Crippen LogP contribution in [0.4, 0.5) is 11.4 Å². The van der Waals surface area contributed by atoms with Gasteiger partial charge in [0.1, 0.15) is 0 Å². The van der Waals surface area contributed by atoms with Crippen LogP contribution in [-0.2, 0) is 4.74 Å². The largest absolute Gasteiger partial charge is 0.462 e. The van der Waals surface area contributed by atoms with Gasteiger partial charge in [-0.05, 0) is 49.3 Å². The predicted molar refractivity (Wildman–Crippen MR) is 81.8 cm³/mol. The zero-order valence-corrected chi connectivity index (χ0v) is 12.5. The average molecular weight is 276 g/mol. The molecule has 1 aromatic carbocycles. The van der Waals surface area contributed by atoms with Crippen molar-refractivity contribution >= 4 is 17.3 Å². The molecule has 4 heteroatoms. The molecule has 0 radical (unpaired) electrons. The van der Waals surface area contributed by atoms with E-state index in [9.17, 15) is 4.79 Å². The summed E-state index contributed by atoms with van der Waals surface area (Å²) < 4.78 is 4.96. The summed E-state index contributed by atoms with van der Waals surface area (Å²) >= 11 is 0. The highest BCUT2D eigenvalue weighted by Gasteiger charge is 2.44. The number of carbonyl (C=O) groups is 1. The van der Waals surface area contributed by atoms with Crippen LogP contribution in [0.3, 0.4) is 0 Å². The maximum absolute atomic E-state index is 11.6. The Balaban J connectivity index is 2.01. The number of esters is 1. The fourth-order valence-corrected chi connectivity index (χ4v) is 2.46. The summed E-state index contributed by atoms with van der Waals surface area (Å²) in [5, 5.41) is 3.42. The summed E-state index contributed by atoms with van der Waals surface area (Å²) in [5.41, 5.74) is 8.42. The molecule has 0 aromatic heterocycles. The smallest absolute Gasteiger partial charge is 0.338 e. The van der Waals surface area contributed by atoms with Gasteiger partial charge in [-0.2, -0.15) is 0 Å². The predicted octanol–water partition coefficient (Wildman–Crippen LogP) is 3.29. The van der Waals surface area contributed by atoms with Crippen LogP contribution in [-0.4, -0.2) is 19.1 Å². The molecule has 0 spiro atoms. The van der Waals surface area contributed by atoms with Crippen LogP contribution in [0.5, 0.6) is 0 Å². The van der Waals surface area contributed by atoms with E-state index in [1.165, 1.54) is 12.8 Å². The highest BCUT2D eigenvalue weighted by Crippen LogP contribution is 2.51. The van der Waals surface area contributed by atoms with Gasteiger partial charge in [0, 0.05) is 6.54 Å². The van der Waals surface area contributed by atoms with Crippen molar-refractivity contribution in [2.24, 2.45) is 11.3 Å². The SMILES string of the molecule is CCOC(=O)c1ccc(NCC2(C(C)C)CC2)c(N)c1. The third kappa shape index (κ3) is 3.06. The fraction of sp³-hybridized carbons (Fsp3) is 0.562. The first-order valence-corrected chi connectivity index (χ1v) is 7.29. The van der Waals surface area contributed by atoms with E-state index in [-0.39, 0.29) is 5.97 Å². The van der Waals surface area contributed by atoms with Crippen LogP contribution in [0.15, 0.2) is 18.2 Å². The van der Waals surface area contributed by atoms with Crippen molar-refractivity contribution in [3.05, 3.63) is 23.8 Å². The second-order valence-corrected chi connectivity index (χ2v) is 5.89. The molecule has 1 saturated carbocycles. The molecule has 0 saturated heterocycles. The maximum Gasteiger partial charge on any atom is 0.338 e. The van der Waals surface area contributed by atoms with E-state index < -0.39 is 0 Å². The number of benzene rings is 1. The van der Waals surface area contributed by atoms with Crippen LogP contribution in [0.25, 0.3) is 0 Å². The Kier molecular flexibility index (Phi) is 4.21. The normalized spacial score (nSPS) is 16.0. The molecule has 3 N–H and O–H groups in total. The van der Waals surface area contributed by atoms with Crippen LogP contribution >= 0.6 is 0 Å². The topological polar surface area (TPSA) is 64.3 Å². The number of anilines is 2. The summed E-state index contributed by atoms with van der Waals surface area (Å²) in [6.07, 6.45) is 2.55. The van der Waals surface area contributed by atoms with E-state index in [1.54, 1.807) is 19.1 Å². The second kappa shape index (κ2) is 5.73. The molecule has 4 nitrogen and oxygen atoms in total. The summed E-state index contributed by atoms with van der Waals surface area (Å²) in [7, 11) is 0. The van der Waals surface area contributed by atoms with E-state index in [0.29, 0.717) is 29.2 Å². The van der Waals surface area contributed by atoms with E-state index in [2.05, 4.69) is 19.2 Å². The Morgan fingerprint density at radius 3 is 2.65 bits per heavy atom. The van der Waals surface area contributed by atoms with Gasteiger partial charge in [-0.25, -0.2) is 4.79 Å². The molecule has 2 rings (SSSR count). The van der Waals surface area contributed by atoms with Gasteiger partial charge in [0.2, 0.25) is 0 Å². The Hall–Kier alpha value is -1.71. The highest BCUT2D eigenvalue weighted by atomic mass is 16.5. The van der Waals surface area contributed by atoms with Gasteiger partial charge in [0.15, 0.2) is 0 Å². The van der Waals surface area contributed by atoms with Crippen LogP contribution < -0.4 is 11.1 Å². The Morgan fingerprint density at radius 2 is 2.15 bits per heavy atom. The number of nitrogens with one attached hydrogen (secondary N) is 1. The molecule has 0 unspecified atom stereocenters. The zero-order valence-electron chi connectivity index (χ0n) is 12.5. The molecule has 1 aliphatic carbocycles. The van der Waals surface area contributed by atoms with E-state index in [4.69, 9.17) is 10.5 Å². The van der Waals surface area contributed by atoms with Gasteiger partial charge in [0.25, 0.3) is 0 Å². The number of nitrogen functional groups attached to an aromatic ring is 1. The standard InChI is InChI=1S/C16H24N2O2/c1-4-20-15(19)12-5-6-14(13(17)9-12)18-10-16(7-8-16)11(2)3/h5-6,9,11,18H,4,7-8,10,17H2,1-3H3. The number of nitrogens with two attached hydrogens (primary N) is 1. The first-order chi connectivity index (χ1) is 9.48.